The number of Topliss-reactive ketones (excluding diaryl/α,β-unsaturated/α-hetero) is 1. The van der Waals surface area contributed by atoms with E-state index in [1.807, 2.05) is 24.7 Å². The SMILES string of the molecule is [C-]#[N+]C1=C[C@]2(C)c3c(c(Br)nn3C)CC[C@H]2[C@H](C)C1=O. The minimum atomic E-state index is -0.283. The first-order chi connectivity index (χ1) is 9.40. The molecule has 5 heteroatoms. The van der Waals surface area contributed by atoms with Crippen LogP contribution in [0.5, 0.6) is 0 Å². The Morgan fingerprint density at radius 3 is 2.95 bits per heavy atom. The van der Waals surface area contributed by atoms with Crippen molar-refractivity contribution in [2.45, 2.75) is 32.1 Å². The van der Waals surface area contributed by atoms with Crippen molar-refractivity contribution >= 4 is 21.7 Å². The molecule has 1 aromatic heterocycles. The summed E-state index contributed by atoms with van der Waals surface area (Å²) >= 11 is 3.52. The van der Waals surface area contributed by atoms with Crippen LogP contribution in [0.3, 0.4) is 0 Å². The molecule has 1 aromatic rings. The van der Waals surface area contributed by atoms with E-state index in [0.717, 1.165) is 23.1 Å². The van der Waals surface area contributed by atoms with Gasteiger partial charge in [0.05, 0.1) is 12.3 Å². The van der Waals surface area contributed by atoms with Gasteiger partial charge >= 0.3 is 0 Å². The third-order valence-electron chi connectivity index (χ3n) is 4.91. The van der Waals surface area contributed by atoms with Crippen LogP contribution in [-0.4, -0.2) is 15.6 Å². The molecule has 0 saturated carbocycles. The summed E-state index contributed by atoms with van der Waals surface area (Å²) in [4.78, 5) is 15.7. The van der Waals surface area contributed by atoms with Gasteiger partial charge in [0.2, 0.25) is 5.70 Å². The Bertz CT molecular complexity index is 682. The molecule has 2 aliphatic rings. The van der Waals surface area contributed by atoms with Crippen molar-refractivity contribution in [1.82, 2.24) is 9.78 Å². The summed E-state index contributed by atoms with van der Waals surface area (Å²) in [7, 11) is 1.93. The normalized spacial score (nSPS) is 32.1. The minimum absolute atomic E-state index is 0.00726. The lowest BCUT2D eigenvalue weighted by atomic mass is 9.59. The van der Waals surface area contributed by atoms with Crippen molar-refractivity contribution in [3.8, 4) is 0 Å². The van der Waals surface area contributed by atoms with Gasteiger partial charge in [-0.3, -0.25) is 4.68 Å². The first-order valence-corrected chi connectivity index (χ1v) is 7.55. The number of aromatic nitrogens is 2. The highest BCUT2D eigenvalue weighted by Crippen LogP contribution is 2.50. The van der Waals surface area contributed by atoms with Crippen LogP contribution in [0, 0.1) is 18.4 Å². The maximum atomic E-state index is 12.2. The molecular formula is C15H16BrN3O. The number of nitrogens with zero attached hydrogens (tertiary/aromatic N) is 3. The molecule has 0 aliphatic heterocycles. The van der Waals surface area contributed by atoms with Crippen molar-refractivity contribution in [3.05, 3.63) is 39.1 Å². The van der Waals surface area contributed by atoms with Crippen molar-refractivity contribution in [2.24, 2.45) is 18.9 Å². The first-order valence-electron chi connectivity index (χ1n) is 6.76. The largest absolute Gasteiger partial charge is 0.308 e. The van der Waals surface area contributed by atoms with E-state index in [2.05, 4.69) is 32.8 Å². The highest BCUT2D eigenvalue weighted by Gasteiger charge is 2.49. The lowest BCUT2D eigenvalue weighted by molar-refractivity contribution is -0.121. The fourth-order valence-corrected chi connectivity index (χ4v) is 4.63. The second-order valence-electron chi connectivity index (χ2n) is 5.96. The van der Waals surface area contributed by atoms with Crippen LogP contribution in [0.1, 0.15) is 31.5 Å². The maximum Gasteiger partial charge on any atom is 0.226 e. The zero-order valence-corrected chi connectivity index (χ0v) is 13.4. The van der Waals surface area contributed by atoms with Gasteiger partial charge in [-0.15, -0.1) is 0 Å². The smallest absolute Gasteiger partial charge is 0.226 e. The van der Waals surface area contributed by atoms with Crippen molar-refractivity contribution in [1.29, 1.82) is 0 Å². The van der Waals surface area contributed by atoms with E-state index in [1.165, 1.54) is 5.56 Å². The van der Waals surface area contributed by atoms with Crippen LogP contribution in [0.2, 0.25) is 0 Å². The van der Waals surface area contributed by atoms with Gasteiger partial charge in [-0.1, -0.05) is 19.9 Å². The Morgan fingerprint density at radius 2 is 2.30 bits per heavy atom. The average Bonchev–Trinajstić information content (AvgIpc) is 2.70. The van der Waals surface area contributed by atoms with E-state index in [-0.39, 0.29) is 28.7 Å². The van der Waals surface area contributed by atoms with E-state index in [0.29, 0.717) is 0 Å². The third kappa shape index (κ3) is 1.58. The number of ketones is 1. The number of carbonyl (C=O) groups is 1. The van der Waals surface area contributed by atoms with Gasteiger partial charge in [-0.05, 0) is 34.7 Å². The van der Waals surface area contributed by atoms with Crippen LogP contribution in [0.15, 0.2) is 16.4 Å². The van der Waals surface area contributed by atoms with Crippen LogP contribution in [0.25, 0.3) is 4.85 Å². The zero-order chi connectivity index (χ0) is 14.7. The molecule has 0 radical (unpaired) electrons. The molecule has 0 bridgehead atoms. The number of hydrogen-bond acceptors (Lipinski definition) is 2. The van der Waals surface area contributed by atoms with Crippen molar-refractivity contribution < 1.29 is 4.79 Å². The number of rotatable bonds is 0. The van der Waals surface area contributed by atoms with E-state index in [1.54, 1.807) is 0 Å². The third-order valence-corrected chi connectivity index (χ3v) is 5.55. The summed E-state index contributed by atoms with van der Waals surface area (Å²) < 4.78 is 2.78. The Hall–Kier alpha value is -1.41. The number of allylic oxidation sites excluding steroid dienone is 2. The maximum absolute atomic E-state index is 12.2. The molecule has 0 fully saturated rings. The number of hydrogen-bond donors (Lipinski definition) is 0. The molecule has 0 unspecified atom stereocenters. The quantitative estimate of drug-likeness (QED) is 0.684. The van der Waals surface area contributed by atoms with Crippen LogP contribution < -0.4 is 0 Å². The Labute approximate surface area is 126 Å². The number of aryl methyl sites for hydroxylation is 1. The Morgan fingerprint density at radius 1 is 1.60 bits per heavy atom. The molecule has 104 valence electrons. The van der Waals surface area contributed by atoms with Gasteiger partial charge in [0.15, 0.2) is 5.78 Å². The zero-order valence-electron chi connectivity index (χ0n) is 11.8. The molecule has 0 N–H and O–H groups in total. The second-order valence-corrected chi connectivity index (χ2v) is 6.71. The van der Waals surface area contributed by atoms with Gasteiger partial charge < -0.3 is 4.79 Å². The van der Waals surface area contributed by atoms with E-state index < -0.39 is 0 Å². The van der Waals surface area contributed by atoms with E-state index in [4.69, 9.17) is 6.57 Å². The number of halogens is 1. The summed E-state index contributed by atoms with van der Waals surface area (Å²) in [6.45, 7) is 11.4. The summed E-state index contributed by atoms with van der Waals surface area (Å²) in [6.07, 6.45) is 3.77. The molecule has 0 spiro atoms. The summed E-state index contributed by atoms with van der Waals surface area (Å²) in [5, 5.41) is 4.47. The predicted molar refractivity (Wildman–Crippen MR) is 78.9 cm³/mol. The lowest BCUT2D eigenvalue weighted by Gasteiger charge is -2.45. The summed E-state index contributed by atoms with van der Waals surface area (Å²) in [6, 6.07) is 0. The van der Waals surface area contributed by atoms with Gasteiger partial charge in [-0.25, -0.2) is 4.85 Å². The summed E-state index contributed by atoms with van der Waals surface area (Å²) in [5.74, 6) is 0.137. The molecule has 3 rings (SSSR count). The molecule has 0 saturated heterocycles. The molecular weight excluding hydrogens is 318 g/mol. The van der Waals surface area contributed by atoms with Gasteiger partial charge in [0, 0.05) is 23.9 Å². The second kappa shape index (κ2) is 4.29. The van der Waals surface area contributed by atoms with Crippen LogP contribution in [0.4, 0.5) is 0 Å². The van der Waals surface area contributed by atoms with Gasteiger partial charge in [0.1, 0.15) is 4.60 Å². The van der Waals surface area contributed by atoms with Crippen molar-refractivity contribution in [2.75, 3.05) is 0 Å². The molecule has 3 atom stereocenters. The predicted octanol–water partition coefficient (Wildman–Crippen LogP) is 3.02. The fraction of sp³-hybridized carbons (Fsp3) is 0.533. The van der Waals surface area contributed by atoms with Gasteiger partial charge in [-0.2, -0.15) is 5.10 Å². The molecule has 4 nitrogen and oxygen atoms in total. The topological polar surface area (TPSA) is 39.2 Å². The average molecular weight is 334 g/mol. The van der Waals surface area contributed by atoms with Crippen LogP contribution >= 0.6 is 15.9 Å². The molecule has 0 aromatic carbocycles. The highest BCUT2D eigenvalue weighted by atomic mass is 79.9. The van der Waals surface area contributed by atoms with E-state index in [9.17, 15) is 4.79 Å². The minimum Gasteiger partial charge on any atom is -0.308 e. The Kier molecular flexibility index (Phi) is 2.91. The molecule has 0 amide bonds. The molecule has 1 heterocycles. The Balaban J connectivity index is 2.28. The summed E-state index contributed by atoms with van der Waals surface area (Å²) in [5.41, 5.74) is 2.35. The number of fused-ring (bicyclic) bond motifs is 3. The van der Waals surface area contributed by atoms with Crippen LogP contribution in [-0.2, 0) is 23.7 Å². The lowest BCUT2D eigenvalue weighted by Crippen LogP contribution is -2.46. The monoisotopic (exact) mass is 333 g/mol. The molecule has 2 aliphatic carbocycles. The number of carbonyl (C=O) groups excluding carboxylic acids is 1. The molecule has 20 heavy (non-hydrogen) atoms. The van der Waals surface area contributed by atoms with Gasteiger partial charge in [0.25, 0.3) is 0 Å². The van der Waals surface area contributed by atoms with E-state index >= 15 is 0 Å². The highest BCUT2D eigenvalue weighted by molar-refractivity contribution is 9.10. The fourth-order valence-electron chi connectivity index (χ4n) is 4.01. The van der Waals surface area contributed by atoms with Crippen molar-refractivity contribution in [3.63, 3.8) is 0 Å². The first kappa shape index (κ1) is 13.6. The standard InChI is InChI=1S/C15H16BrN3O/c1-8-10-6-5-9-13(19(4)18-14(9)16)15(10,2)7-11(17-3)12(8)20/h7-8,10H,5-6H2,1-2,4H3/t8-,10-,15-/m0/s1.